The topological polar surface area (TPSA) is 70.5 Å². The van der Waals surface area contributed by atoms with Crippen molar-refractivity contribution in [1.29, 1.82) is 0 Å². The van der Waals surface area contributed by atoms with Crippen molar-refractivity contribution in [3.8, 4) is 0 Å². The molecular formula is C16H20N2O3. The van der Waals surface area contributed by atoms with E-state index in [1.807, 2.05) is 19.1 Å². The number of hydrogen-bond acceptors (Lipinski definition) is 3. The zero-order valence-electron chi connectivity index (χ0n) is 12.2. The van der Waals surface area contributed by atoms with Gasteiger partial charge in [0.25, 0.3) is 0 Å². The number of aryl methyl sites for hydroxylation is 1. The molecule has 0 bridgehead atoms. The Hall–Kier alpha value is -1.91. The number of carboxylic acid groups (broad SMARTS) is 1. The Labute approximate surface area is 124 Å². The summed E-state index contributed by atoms with van der Waals surface area (Å²) in [7, 11) is 0. The highest BCUT2D eigenvalue weighted by Crippen LogP contribution is 2.49. The maximum Gasteiger partial charge on any atom is 0.311 e. The van der Waals surface area contributed by atoms with Gasteiger partial charge in [0.05, 0.1) is 11.8 Å². The van der Waals surface area contributed by atoms with E-state index in [-0.39, 0.29) is 11.9 Å². The molecule has 1 aromatic rings. The van der Waals surface area contributed by atoms with E-state index in [1.165, 1.54) is 0 Å². The van der Waals surface area contributed by atoms with Gasteiger partial charge in [-0.1, -0.05) is 12.5 Å². The largest absolute Gasteiger partial charge is 0.481 e. The SMILES string of the molecule is Cc1ncccc1CC(=O)N1CC[C@]2(C(=O)O)CCC[C@H]12. The number of nitrogens with zero attached hydrogens (tertiary/aromatic N) is 2. The van der Waals surface area contributed by atoms with Crippen LogP contribution in [0.25, 0.3) is 0 Å². The first-order valence-electron chi connectivity index (χ1n) is 7.48. The van der Waals surface area contributed by atoms with Crippen LogP contribution in [0.1, 0.15) is 36.9 Å². The summed E-state index contributed by atoms with van der Waals surface area (Å²) < 4.78 is 0. The summed E-state index contributed by atoms with van der Waals surface area (Å²) >= 11 is 0. The summed E-state index contributed by atoms with van der Waals surface area (Å²) in [5.74, 6) is -0.709. The van der Waals surface area contributed by atoms with E-state index >= 15 is 0 Å². The summed E-state index contributed by atoms with van der Waals surface area (Å²) in [5.41, 5.74) is 1.09. The molecule has 1 aromatic heterocycles. The second-order valence-electron chi connectivity index (χ2n) is 6.13. The third-order valence-electron chi connectivity index (χ3n) is 5.12. The molecule has 2 fully saturated rings. The summed E-state index contributed by atoms with van der Waals surface area (Å²) in [5, 5.41) is 9.56. The third-order valence-corrected chi connectivity index (χ3v) is 5.12. The van der Waals surface area contributed by atoms with Crippen molar-refractivity contribution < 1.29 is 14.7 Å². The quantitative estimate of drug-likeness (QED) is 0.920. The van der Waals surface area contributed by atoms with E-state index in [2.05, 4.69) is 4.98 Å². The highest BCUT2D eigenvalue weighted by Gasteiger charge is 2.56. The molecule has 3 rings (SSSR count). The fraction of sp³-hybridized carbons (Fsp3) is 0.562. The molecule has 0 spiro atoms. The molecule has 112 valence electrons. The van der Waals surface area contributed by atoms with E-state index in [9.17, 15) is 14.7 Å². The molecule has 1 amide bonds. The minimum atomic E-state index is -0.738. The number of amides is 1. The van der Waals surface area contributed by atoms with Crippen LogP contribution in [0.4, 0.5) is 0 Å². The number of rotatable bonds is 3. The van der Waals surface area contributed by atoms with Crippen LogP contribution in [-0.2, 0) is 16.0 Å². The molecule has 0 radical (unpaired) electrons. The van der Waals surface area contributed by atoms with Crippen LogP contribution >= 0.6 is 0 Å². The lowest BCUT2D eigenvalue weighted by Crippen LogP contribution is -2.43. The summed E-state index contributed by atoms with van der Waals surface area (Å²) in [4.78, 5) is 30.2. The Morgan fingerprint density at radius 1 is 1.48 bits per heavy atom. The number of carboxylic acids is 1. The molecule has 5 heteroatoms. The average molecular weight is 288 g/mol. The molecule has 0 aromatic carbocycles. The molecule has 21 heavy (non-hydrogen) atoms. The van der Waals surface area contributed by atoms with Crippen molar-refractivity contribution in [3.05, 3.63) is 29.6 Å². The number of pyridine rings is 1. The van der Waals surface area contributed by atoms with Crippen LogP contribution in [0.5, 0.6) is 0 Å². The van der Waals surface area contributed by atoms with Crippen LogP contribution in [0.15, 0.2) is 18.3 Å². The van der Waals surface area contributed by atoms with Gasteiger partial charge in [0.1, 0.15) is 0 Å². The number of likely N-dealkylation sites (tertiary alicyclic amines) is 1. The minimum absolute atomic E-state index is 0.0288. The van der Waals surface area contributed by atoms with Crippen LogP contribution in [0, 0.1) is 12.3 Å². The molecular weight excluding hydrogens is 268 g/mol. The monoisotopic (exact) mass is 288 g/mol. The smallest absolute Gasteiger partial charge is 0.311 e. The fourth-order valence-electron chi connectivity index (χ4n) is 3.90. The zero-order valence-corrected chi connectivity index (χ0v) is 12.2. The van der Waals surface area contributed by atoms with Crippen molar-refractivity contribution in [3.63, 3.8) is 0 Å². The van der Waals surface area contributed by atoms with E-state index < -0.39 is 11.4 Å². The predicted octanol–water partition coefficient (Wildman–Crippen LogP) is 1.79. The standard InChI is InChI=1S/C16H20N2O3/c1-11-12(4-3-8-17-11)10-14(19)18-9-7-16(15(20)21)6-2-5-13(16)18/h3-4,8,13H,2,5-7,9-10H2,1H3,(H,20,21)/t13-,16+/m0/s1. The Morgan fingerprint density at radius 2 is 2.29 bits per heavy atom. The third kappa shape index (κ3) is 2.20. The van der Waals surface area contributed by atoms with Gasteiger partial charge >= 0.3 is 5.97 Å². The number of aromatic nitrogens is 1. The summed E-state index contributed by atoms with van der Waals surface area (Å²) in [6.07, 6.45) is 5.02. The van der Waals surface area contributed by atoms with E-state index in [1.54, 1.807) is 11.1 Å². The molecule has 1 aliphatic heterocycles. The molecule has 1 aliphatic carbocycles. The van der Waals surface area contributed by atoms with E-state index in [4.69, 9.17) is 0 Å². The average Bonchev–Trinajstić information content (AvgIpc) is 3.00. The molecule has 0 unspecified atom stereocenters. The lowest BCUT2D eigenvalue weighted by atomic mass is 9.82. The highest BCUT2D eigenvalue weighted by molar-refractivity contribution is 5.83. The van der Waals surface area contributed by atoms with Crippen LogP contribution in [0.2, 0.25) is 0 Å². The molecule has 5 nitrogen and oxygen atoms in total. The van der Waals surface area contributed by atoms with Gasteiger partial charge in [0.2, 0.25) is 5.91 Å². The summed E-state index contributed by atoms with van der Waals surface area (Å²) in [6, 6.07) is 3.62. The molecule has 2 atom stereocenters. The Bertz CT molecular complexity index is 587. The first-order chi connectivity index (χ1) is 10.0. The fourth-order valence-corrected chi connectivity index (χ4v) is 3.90. The number of carbonyl (C=O) groups is 2. The lowest BCUT2D eigenvalue weighted by Gasteiger charge is -2.29. The maximum atomic E-state index is 12.6. The van der Waals surface area contributed by atoms with Crippen LogP contribution in [-0.4, -0.2) is 39.5 Å². The van der Waals surface area contributed by atoms with Crippen molar-refractivity contribution >= 4 is 11.9 Å². The van der Waals surface area contributed by atoms with Gasteiger partial charge in [-0.3, -0.25) is 14.6 Å². The Kier molecular flexibility index (Phi) is 3.43. The molecule has 1 saturated heterocycles. The van der Waals surface area contributed by atoms with Crippen LogP contribution in [0.3, 0.4) is 0 Å². The van der Waals surface area contributed by atoms with Gasteiger partial charge in [-0.25, -0.2) is 0 Å². The number of hydrogen-bond donors (Lipinski definition) is 1. The summed E-state index contributed by atoms with van der Waals surface area (Å²) in [6.45, 7) is 2.46. The van der Waals surface area contributed by atoms with E-state index in [0.717, 1.165) is 24.1 Å². The van der Waals surface area contributed by atoms with Gasteiger partial charge in [0, 0.05) is 24.5 Å². The first kappa shape index (κ1) is 14.0. The van der Waals surface area contributed by atoms with Gasteiger partial charge in [0.15, 0.2) is 0 Å². The van der Waals surface area contributed by atoms with Crippen molar-refractivity contribution in [2.45, 2.75) is 45.1 Å². The molecule has 1 saturated carbocycles. The van der Waals surface area contributed by atoms with Gasteiger partial charge < -0.3 is 10.0 Å². The van der Waals surface area contributed by atoms with E-state index in [0.29, 0.717) is 25.8 Å². The van der Waals surface area contributed by atoms with Gasteiger partial charge in [-0.05, 0) is 37.8 Å². The predicted molar refractivity (Wildman–Crippen MR) is 76.7 cm³/mol. The normalized spacial score (nSPS) is 27.7. The molecule has 1 N–H and O–H groups in total. The number of aliphatic carboxylic acids is 1. The Balaban J connectivity index is 1.78. The Morgan fingerprint density at radius 3 is 3.00 bits per heavy atom. The van der Waals surface area contributed by atoms with Crippen molar-refractivity contribution in [1.82, 2.24) is 9.88 Å². The first-order valence-corrected chi connectivity index (χ1v) is 7.48. The van der Waals surface area contributed by atoms with Gasteiger partial charge in [-0.2, -0.15) is 0 Å². The number of fused-ring (bicyclic) bond motifs is 1. The van der Waals surface area contributed by atoms with Crippen molar-refractivity contribution in [2.75, 3.05) is 6.54 Å². The maximum absolute atomic E-state index is 12.6. The highest BCUT2D eigenvalue weighted by atomic mass is 16.4. The second-order valence-corrected chi connectivity index (χ2v) is 6.13. The second kappa shape index (κ2) is 5.13. The van der Waals surface area contributed by atoms with Gasteiger partial charge in [-0.15, -0.1) is 0 Å². The molecule has 2 heterocycles. The lowest BCUT2D eigenvalue weighted by molar-refractivity contribution is -0.150. The minimum Gasteiger partial charge on any atom is -0.481 e. The van der Waals surface area contributed by atoms with Crippen LogP contribution < -0.4 is 0 Å². The zero-order chi connectivity index (χ0) is 15.0. The van der Waals surface area contributed by atoms with Crippen molar-refractivity contribution in [2.24, 2.45) is 5.41 Å². The molecule has 2 aliphatic rings. The number of carbonyl (C=O) groups excluding carboxylic acids is 1.